The zero-order valence-corrected chi connectivity index (χ0v) is 13.7. The molecular formula is C15H22N2O4S. The molecule has 1 aliphatic carbocycles. The van der Waals surface area contributed by atoms with Gasteiger partial charge < -0.3 is 5.32 Å². The number of para-hydroxylation sites is 1. The summed E-state index contributed by atoms with van der Waals surface area (Å²) in [6.07, 6.45) is 6.22. The van der Waals surface area contributed by atoms with Crippen molar-refractivity contribution in [2.75, 3.05) is 11.6 Å². The SMILES string of the molecule is CC1CCCC(Nc2cccc(S(C)(=O)=O)c2[N+](=O)[O-])CC1. The van der Waals surface area contributed by atoms with Crippen LogP contribution in [0.4, 0.5) is 11.4 Å². The van der Waals surface area contributed by atoms with Gasteiger partial charge in [-0.15, -0.1) is 0 Å². The number of nitrogens with one attached hydrogen (secondary N) is 1. The highest BCUT2D eigenvalue weighted by Crippen LogP contribution is 2.34. The van der Waals surface area contributed by atoms with Crippen LogP contribution in [0.3, 0.4) is 0 Å². The lowest BCUT2D eigenvalue weighted by atomic mass is 10.0. The first-order valence-electron chi connectivity index (χ1n) is 7.53. The van der Waals surface area contributed by atoms with Crippen molar-refractivity contribution in [3.8, 4) is 0 Å². The van der Waals surface area contributed by atoms with E-state index in [1.807, 2.05) is 0 Å². The minimum atomic E-state index is -3.64. The normalized spacial score (nSPS) is 22.8. The fraction of sp³-hybridized carbons (Fsp3) is 0.600. The summed E-state index contributed by atoms with van der Waals surface area (Å²) >= 11 is 0. The van der Waals surface area contributed by atoms with Crippen LogP contribution in [-0.2, 0) is 9.84 Å². The minimum absolute atomic E-state index is 0.151. The summed E-state index contributed by atoms with van der Waals surface area (Å²) < 4.78 is 23.5. The van der Waals surface area contributed by atoms with Gasteiger partial charge in [0.2, 0.25) is 0 Å². The molecule has 1 aromatic rings. The second kappa shape index (κ2) is 6.64. The summed E-state index contributed by atoms with van der Waals surface area (Å²) in [6.45, 7) is 2.22. The number of rotatable bonds is 4. The molecule has 1 saturated carbocycles. The molecule has 2 atom stereocenters. The summed E-state index contributed by atoms with van der Waals surface area (Å²) in [5.74, 6) is 0.670. The Morgan fingerprint density at radius 2 is 1.95 bits per heavy atom. The molecule has 0 saturated heterocycles. The maximum absolute atomic E-state index is 11.8. The Kier molecular flexibility index (Phi) is 5.05. The van der Waals surface area contributed by atoms with Crippen molar-refractivity contribution in [3.05, 3.63) is 28.3 Å². The number of nitro benzene ring substituents is 1. The van der Waals surface area contributed by atoms with Gasteiger partial charge in [0, 0.05) is 12.3 Å². The van der Waals surface area contributed by atoms with Gasteiger partial charge in [-0.2, -0.15) is 0 Å². The number of hydrogen-bond donors (Lipinski definition) is 1. The number of hydrogen-bond acceptors (Lipinski definition) is 5. The zero-order chi connectivity index (χ0) is 16.3. The van der Waals surface area contributed by atoms with E-state index in [9.17, 15) is 18.5 Å². The molecule has 0 spiro atoms. The standard InChI is InChI=1S/C15H22N2O4S/c1-11-5-3-6-12(10-9-11)16-13-7-4-8-14(22(2,20)21)15(13)17(18)19/h4,7-8,11-12,16H,3,5-6,9-10H2,1-2H3. The predicted molar refractivity (Wildman–Crippen MR) is 85.9 cm³/mol. The van der Waals surface area contributed by atoms with Crippen molar-refractivity contribution in [2.24, 2.45) is 5.92 Å². The first-order valence-corrected chi connectivity index (χ1v) is 9.42. The summed E-state index contributed by atoms with van der Waals surface area (Å²) in [6, 6.07) is 4.57. The van der Waals surface area contributed by atoms with Gasteiger partial charge in [0.25, 0.3) is 0 Å². The highest BCUT2D eigenvalue weighted by molar-refractivity contribution is 7.90. The summed E-state index contributed by atoms with van der Waals surface area (Å²) in [4.78, 5) is 10.5. The van der Waals surface area contributed by atoms with E-state index >= 15 is 0 Å². The van der Waals surface area contributed by atoms with Crippen LogP contribution < -0.4 is 5.32 Å². The molecule has 0 radical (unpaired) electrons. The molecule has 0 aromatic heterocycles. The van der Waals surface area contributed by atoms with Crippen molar-refractivity contribution in [3.63, 3.8) is 0 Å². The van der Waals surface area contributed by atoms with Crippen LogP contribution in [0.5, 0.6) is 0 Å². The molecule has 0 aliphatic heterocycles. The Hall–Kier alpha value is -1.63. The van der Waals surface area contributed by atoms with E-state index in [0.29, 0.717) is 11.6 Å². The molecule has 1 aromatic carbocycles. The Morgan fingerprint density at radius 3 is 2.59 bits per heavy atom. The molecule has 2 unspecified atom stereocenters. The summed E-state index contributed by atoms with van der Waals surface area (Å²) in [5.41, 5.74) is -0.0465. The largest absolute Gasteiger partial charge is 0.377 e. The number of nitrogens with zero attached hydrogens (tertiary/aromatic N) is 1. The van der Waals surface area contributed by atoms with Crippen LogP contribution in [0, 0.1) is 16.0 Å². The number of anilines is 1. The lowest BCUT2D eigenvalue weighted by Gasteiger charge is -2.18. The molecule has 0 amide bonds. The summed E-state index contributed by atoms with van der Waals surface area (Å²) in [5, 5.41) is 14.5. The van der Waals surface area contributed by atoms with Gasteiger partial charge in [-0.05, 0) is 37.3 Å². The van der Waals surface area contributed by atoms with Crippen LogP contribution >= 0.6 is 0 Å². The summed E-state index contributed by atoms with van der Waals surface area (Å²) in [7, 11) is -3.64. The lowest BCUT2D eigenvalue weighted by molar-refractivity contribution is -0.386. The third kappa shape index (κ3) is 3.97. The van der Waals surface area contributed by atoms with Crippen LogP contribution in [0.15, 0.2) is 23.1 Å². The minimum Gasteiger partial charge on any atom is -0.377 e. The van der Waals surface area contributed by atoms with E-state index in [0.717, 1.165) is 31.9 Å². The van der Waals surface area contributed by atoms with E-state index in [1.165, 1.54) is 12.5 Å². The van der Waals surface area contributed by atoms with Gasteiger partial charge in [-0.3, -0.25) is 10.1 Å². The van der Waals surface area contributed by atoms with Gasteiger partial charge in [0.1, 0.15) is 10.6 Å². The highest BCUT2D eigenvalue weighted by Gasteiger charge is 2.27. The van der Waals surface area contributed by atoms with Gasteiger partial charge >= 0.3 is 5.69 Å². The molecule has 0 heterocycles. The van der Waals surface area contributed by atoms with E-state index in [4.69, 9.17) is 0 Å². The first-order chi connectivity index (χ1) is 10.3. The third-order valence-corrected chi connectivity index (χ3v) is 5.33. The maximum Gasteiger partial charge on any atom is 0.310 e. The lowest BCUT2D eigenvalue weighted by Crippen LogP contribution is -2.19. The van der Waals surface area contributed by atoms with Crippen molar-refractivity contribution in [1.29, 1.82) is 0 Å². The van der Waals surface area contributed by atoms with Crippen LogP contribution in [0.25, 0.3) is 0 Å². The second-order valence-electron chi connectivity index (χ2n) is 6.14. The Morgan fingerprint density at radius 1 is 1.23 bits per heavy atom. The van der Waals surface area contributed by atoms with E-state index in [2.05, 4.69) is 12.2 Å². The Bertz CT molecular complexity index is 658. The van der Waals surface area contributed by atoms with Crippen LogP contribution in [0.2, 0.25) is 0 Å². The predicted octanol–water partition coefficient (Wildman–Crippen LogP) is 3.38. The highest BCUT2D eigenvalue weighted by atomic mass is 32.2. The molecule has 1 fully saturated rings. The fourth-order valence-electron chi connectivity index (χ4n) is 2.98. The number of nitro groups is 1. The number of sulfone groups is 1. The molecule has 6 nitrogen and oxygen atoms in total. The molecule has 0 bridgehead atoms. The van der Waals surface area contributed by atoms with Gasteiger partial charge in [0.05, 0.1) is 4.92 Å². The van der Waals surface area contributed by atoms with Crippen molar-refractivity contribution >= 4 is 21.2 Å². The first kappa shape index (κ1) is 16.7. The Labute approximate surface area is 131 Å². The molecule has 2 rings (SSSR count). The van der Waals surface area contributed by atoms with E-state index in [-0.39, 0.29) is 16.6 Å². The average Bonchev–Trinajstić information content (AvgIpc) is 2.62. The molecular weight excluding hydrogens is 304 g/mol. The molecule has 122 valence electrons. The molecule has 1 aliphatic rings. The Balaban J connectivity index is 2.33. The average molecular weight is 326 g/mol. The van der Waals surface area contributed by atoms with Crippen molar-refractivity contribution < 1.29 is 13.3 Å². The monoisotopic (exact) mass is 326 g/mol. The molecule has 7 heteroatoms. The number of benzene rings is 1. The third-order valence-electron chi connectivity index (χ3n) is 4.20. The molecule has 22 heavy (non-hydrogen) atoms. The van der Waals surface area contributed by atoms with Gasteiger partial charge in [-0.25, -0.2) is 8.42 Å². The fourth-order valence-corrected chi connectivity index (χ4v) is 3.84. The quantitative estimate of drug-likeness (QED) is 0.520. The topological polar surface area (TPSA) is 89.3 Å². The maximum atomic E-state index is 11.8. The van der Waals surface area contributed by atoms with Crippen molar-refractivity contribution in [2.45, 2.75) is 50.0 Å². The van der Waals surface area contributed by atoms with Crippen molar-refractivity contribution in [1.82, 2.24) is 0 Å². The van der Waals surface area contributed by atoms with Gasteiger partial charge in [-0.1, -0.05) is 25.8 Å². The zero-order valence-electron chi connectivity index (χ0n) is 12.9. The molecule has 1 N–H and O–H groups in total. The van der Waals surface area contributed by atoms with Crippen LogP contribution in [-0.4, -0.2) is 25.6 Å². The second-order valence-corrected chi connectivity index (χ2v) is 8.12. The van der Waals surface area contributed by atoms with Gasteiger partial charge in [0.15, 0.2) is 9.84 Å². The van der Waals surface area contributed by atoms with E-state index in [1.54, 1.807) is 12.1 Å². The smallest absolute Gasteiger partial charge is 0.310 e. The van der Waals surface area contributed by atoms with E-state index < -0.39 is 14.8 Å². The van der Waals surface area contributed by atoms with Crippen LogP contribution in [0.1, 0.15) is 39.0 Å².